The molecule has 0 saturated carbocycles. The van der Waals surface area contributed by atoms with Crippen LogP contribution in [0.4, 0.5) is 15.1 Å². The maximum atomic E-state index is 14.1. The van der Waals surface area contributed by atoms with E-state index in [1.807, 2.05) is 7.05 Å². The van der Waals surface area contributed by atoms with Gasteiger partial charge in [0.25, 0.3) is 5.91 Å². The summed E-state index contributed by atoms with van der Waals surface area (Å²) in [6.45, 7) is 0. The van der Waals surface area contributed by atoms with E-state index in [1.165, 1.54) is 12.3 Å². The predicted molar refractivity (Wildman–Crippen MR) is 114 cm³/mol. The summed E-state index contributed by atoms with van der Waals surface area (Å²) >= 11 is 1.05. The van der Waals surface area contributed by atoms with Crippen LogP contribution in [0, 0.1) is 5.82 Å². The highest BCUT2D eigenvalue weighted by Gasteiger charge is 2.50. The number of thiazole rings is 1. The van der Waals surface area contributed by atoms with Gasteiger partial charge in [-0.2, -0.15) is 5.10 Å². The molecule has 9 nitrogen and oxygen atoms in total. The van der Waals surface area contributed by atoms with Crippen molar-refractivity contribution in [2.75, 3.05) is 11.1 Å². The van der Waals surface area contributed by atoms with Gasteiger partial charge in [-0.3, -0.25) is 14.5 Å². The van der Waals surface area contributed by atoms with Crippen molar-refractivity contribution in [2.24, 2.45) is 12.8 Å². The molecule has 5 rings (SSSR count). The van der Waals surface area contributed by atoms with Crippen molar-refractivity contribution in [3.05, 3.63) is 41.9 Å². The fraction of sp³-hybridized carbons (Fsp3) is 0.400. The number of carbonyl (C=O) groups is 1. The van der Waals surface area contributed by atoms with Crippen molar-refractivity contribution in [2.45, 2.75) is 43.4 Å². The predicted octanol–water partition coefficient (Wildman–Crippen LogP) is 2.41. The van der Waals surface area contributed by atoms with E-state index < -0.39 is 17.3 Å². The molecule has 5 N–H and O–H groups in total. The number of pyridine rings is 1. The van der Waals surface area contributed by atoms with Crippen LogP contribution in [0.3, 0.4) is 0 Å². The first kappa shape index (κ1) is 20.0. The van der Waals surface area contributed by atoms with Crippen LogP contribution in [-0.2, 0) is 17.4 Å². The number of hydrogen-bond acceptors (Lipinski definition) is 8. The Morgan fingerprint density at radius 2 is 2.19 bits per heavy atom. The summed E-state index contributed by atoms with van der Waals surface area (Å²) in [5.41, 5.74) is 13.3. The second kappa shape index (κ2) is 7.36. The van der Waals surface area contributed by atoms with Gasteiger partial charge in [-0.15, -0.1) is 0 Å². The number of aryl methyl sites for hydroxylation is 1. The van der Waals surface area contributed by atoms with E-state index in [0.29, 0.717) is 10.7 Å². The van der Waals surface area contributed by atoms with Gasteiger partial charge in [-0.25, -0.2) is 9.37 Å². The van der Waals surface area contributed by atoms with Crippen LogP contribution in [0.1, 0.15) is 41.9 Å². The van der Waals surface area contributed by atoms with Gasteiger partial charge in [-0.1, -0.05) is 11.3 Å². The Morgan fingerprint density at radius 1 is 1.39 bits per heavy atom. The van der Waals surface area contributed by atoms with Crippen LogP contribution in [0.25, 0.3) is 10.6 Å². The van der Waals surface area contributed by atoms with Crippen LogP contribution in [-0.4, -0.2) is 37.8 Å². The third-order valence-corrected chi connectivity index (χ3v) is 6.98. The Kier molecular flexibility index (Phi) is 4.76. The number of aromatic nitrogens is 4. The standard InChI is InChI=1S/C20H22FN7O2S/c1-28-16(20-5-2-12(22)14(30-20)3-6-20)13(9-25-28)26-18(29)15-17(23)31-19(27-15)10-4-7-24-8-11(10)21/h4,7-9,12,14H,2-3,5-6,22-23H2,1H3,(H,26,29)/t12-,14-,20-/m1/s1. The molecule has 2 bridgehead atoms. The number of nitrogens with two attached hydrogens (primary N) is 2. The summed E-state index contributed by atoms with van der Waals surface area (Å²) in [6, 6.07) is 1.53. The van der Waals surface area contributed by atoms with Gasteiger partial charge in [0.05, 0.1) is 29.9 Å². The normalized spacial score (nSPS) is 25.0. The summed E-state index contributed by atoms with van der Waals surface area (Å²) in [4.78, 5) is 21.0. The third-order valence-electron chi connectivity index (χ3n) is 6.06. The van der Waals surface area contributed by atoms with Crippen LogP contribution in [0.15, 0.2) is 24.7 Å². The molecule has 162 valence electrons. The van der Waals surface area contributed by atoms with Crippen LogP contribution < -0.4 is 16.8 Å². The lowest BCUT2D eigenvalue weighted by molar-refractivity contribution is -0.0941. The van der Waals surface area contributed by atoms with Crippen molar-refractivity contribution in [3.63, 3.8) is 0 Å². The number of fused-ring (bicyclic) bond motifs is 2. The van der Waals surface area contributed by atoms with E-state index in [4.69, 9.17) is 16.2 Å². The fourth-order valence-corrected chi connectivity index (χ4v) is 5.41. The van der Waals surface area contributed by atoms with Gasteiger partial charge in [0, 0.05) is 24.8 Å². The SMILES string of the molecule is Cn1ncc(NC(=O)c2nc(-c3ccncc3F)sc2N)c1[C@@]12CC[C@@H](N)[C@@H](CC1)O2. The topological polar surface area (TPSA) is 134 Å². The van der Waals surface area contributed by atoms with Gasteiger partial charge in [-0.05, 0) is 31.7 Å². The number of anilines is 2. The van der Waals surface area contributed by atoms with Gasteiger partial charge >= 0.3 is 0 Å². The Labute approximate surface area is 181 Å². The first-order valence-electron chi connectivity index (χ1n) is 10.0. The minimum absolute atomic E-state index is 0.0132. The van der Waals surface area contributed by atoms with Crippen LogP contribution in [0.2, 0.25) is 0 Å². The van der Waals surface area contributed by atoms with E-state index in [-0.39, 0.29) is 28.4 Å². The first-order chi connectivity index (χ1) is 14.9. The molecule has 2 fully saturated rings. The molecule has 0 unspecified atom stereocenters. The number of ether oxygens (including phenoxy) is 1. The number of amides is 1. The molecule has 2 aliphatic heterocycles. The molecule has 3 atom stereocenters. The smallest absolute Gasteiger partial charge is 0.277 e. The van der Waals surface area contributed by atoms with Crippen molar-refractivity contribution in [1.29, 1.82) is 0 Å². The lowest BCUT2D eigenvalue weighted by atomic mass is 9.89. The molecule has 3 aromatic rings. The summed E-state index contributed by atoms with van der Waals surface area (Å²) in [6.07, 6.45) is 7.47. The Balaban J connectivity index is 1.44. The molecule has 2 saturated heterocycles. The highest BCUT2D eigenvalue weighted by atomic mass is 32.1. The fourth-order valence-electron chi connectivity index (χ4n) is 4.56. The molecular weight excluding hydrogens is 421 g/mol. The molecule has 5 heterocycles. The summed E-state index contributed by atoms with van der Waals surface area (Å²) in [7, 11) is 1.83. The highest BCUT2D eigenvalue weighted by Crippen LogP contribution is 2.49. The zero-order valence-corrected chi connectivity index (χ0v) is 17.7. The molecule has 0 radical (unpaired) electrons. The molecule has 11 heteroatoms. The largest absolute Gasteiger partial charge is 0.389 e. The van der Waals surface area contributed by atoms with Crippen molar-refractivity contribution < 1.29 is 13.9 Å². The first-order valence-corrected chi connectivity index (χ1v) is 10.8. The van der Waals surface area contributed by atoms with Gasteiger partial charge in [0.1, 0.15) is 15.6 Å². The van der Waals surface area contributed by atoms with Crippen molar-refractivity contribution in [1.82, 2.24) is 19.7 Å². The Morgan fingerprint density at radius 3 is 3.00 bits per heavy atom. The lowest BCUT2D eigenvalue weighted by Gasteiger charge is -2.37. The van der Waals surface area contributed by atoms with Crippen LogP contribution in [0.5, 0.6) is 0 Å². The number of hydrogen-bond donors (Lipinski definition) is 3. The molecule has 1 amide bonds. The van der Waals surface area contributed by atoms with Crippen molar-refractivity contribution >= 4 is 27.9 Å². The van der Waals surface area contributed by atoms with Gasteiger partial charge in [0.2, 0.25) is 0 Å². The second-order valence-electron chi connectivity index (χ2n) is 7.96. The molecule has 2 aliphatic rings. The third kappa shape index (κ3) is 3.29. The minimum atomic E-state index is -0.528. The number of rotatable bonds is 4. The molecule has 0 aromatic carbocycles. The van der Waals surface area contributed by atoms with Crippen molar-refractivity contribution in [3.8, 4) is 10.6 Å². The molecule has 3 aromatic heterocycles. The quantitative estimate of drug-likeness (QED) is 0.564. The molecule has 0 aliphatic carbocycles. The minimum Gasteiger partial charge on any atom is -0.389 e. The molecule has 0 spiro atoms. The number of nitrogens with zero attached hydrogens (tertiary/aromatic N) is 4. The monoisotopic (exact) mass is 443 g/mol. The van der Waals surface area contributed by atoms with E-state index in [1.54, 1.807) is 10.9 Å². The van der Waals surface area contributed by atoms with E-state index >= 15 is 0 Å². The van der Waals surface area contributed by atoms with E-state index in [2.05, 4.69) is 20.4 Å². The zero-order valence-electron chi connectivity index (χ0n) is 16.8. The van der Waals surface area contributed by atoms with Gasteiger partial charge in [0.15, 0.2) is 11.5 Å². The van der Waals surface area contributed by atoms with E-state index in [9.17, 15) is 9.18 Å². The number of halogens is 1. The van der Waals surface area contributed by atoms with E-state index in [0.717, 1.165) is 48.9 Å². The summed E-state index contributed by atoms with van der Waals surface area (Å²) in [5, 5.41) is 7.74. The second-order valence-corrected chi connectivity index (χ2v) is 8.99. The Bertz CT molecular complexity index is 1160. The summed E-state index contributed by atoms with van der Waals surface area (Å²) in [5.74, 6) is -1.01. The summed E-state index contributed by atoms with van der Waals surface area (Å²) < 4.78 is 22.1. The number of nitrogens with one attached hydrogen (secondary N) is 1. The van der Waals surface area contributed by atoms with Crippen LogP contribution >= 0.6 is 11.3 Å². The lowest BCUT2D eigenvalue weighted by Crippen LogP contribution is -2.43. The maximum absolute atomic E-state index is 14.1. The zero-order chi connectivity index (χ0) is 21.8. The average Bonchev–Trinajstić information content (AvgIpc) is 3.42. The maximum Gasteiger partial charge on any atom is 0.277 e. The number of carbonyl (C=O) groups excluding carboxylic acids is 1. The molecular formula is C20H22FN7O2S. The highest BCUT2D eigenvalue weighted by molar-refractivity contribution is 7.19. The Hall–Kier alpha value is -2.89. The van der Waals surface area contributed by atoms with Gasteiger partial charge < -0.3 is 21.5 Å². The molecule has 31 heavy (non-hydrogen) atoms. The number of nitrogen functional groups attached to an aromatic ring is 1. The average molecular weight is 444 g/mol.